The summed E-state index contributed by atoms with van der Waals surface area (Å²) < 4.78 is 5.46. The highest BCUT2D eigenvalue weighted by molar-refractivity contribution is 6.05. The zero-order valence-corrected chi connectivity index (χ0v) is 14.2. The summed E-state index contributed by atoms with van der Waals surface area (Å²) in [5, 5.41) is 2.15. The van der Waals surface area contributed by atoms with Crippen molar-refractivity contribution in [2.24, 2.45) is 0 Å². The third-order valence-electron chi connectivity index (χ3n) is 4.41. The van der Waals surface area contributed by atoms with Crippen LogP contribution in [-0.4, -0.2) is 20.9 Å². The van der Waals surface area contributed by atoms with Crippen molar-refractivity contribution in [2.75, 3.05) is 0 Å². The Morgan fingerprint density at radius 2 is 1.70 bits per heavy atom. The molecule has 0 saturated carbocycles. The maximum atomic E-state index is 12.2. The largest absolute Gasteiger partial charge is 0.423 e. The Balaban J connectivity index is 1.61. The van der Waals surface area contributed by atoms with E-state index in [2.05, 4.69) is 4.98 Å². The van der Waals surface area contributed by atoms with Gasteiger partial charge in [0.05, 0.1) is 27.6 Å². The van der Waals surface area contributed by atoms with Gasteiger partial charge in [0.15, 0.2) is 0 Å². The van der Waals surface area contributed by atoms with Gasteiger partial charge in [0, 0.05) is 23.8 Å². The van der Waals surface area contributed by atoms with Crippen molar-refractivity contribution in [2.45, 2.75) is 0 Å². The lowest BCUT2D eigenvalue weighted by Gasteiger charge is -2.07. The van der Waals surface area contributed by atoms with Crippen LogP contribution in [0.5, 0.6) is 5.75 Å². The molecule has 0 aliphatic carbocycles. The third-order valence-corrected chi connectivity index (χ3v) is 4.41. The average Bonchev–Trinajstić information content (AvgIpc) is 2.73. The van der Waals surface area contributed by atoms with Gasteiger partial charge in [-0.05, 0) is 35.7 Å². The molecule has 3 aromatic carbocycles. The van der Waals surface area contributed by atoms with E-state index in [9.17, 15) is 4.79 Å². The molecular weight excluding hydrogens is 338 g/mol. The number of esters is 1. The molecule has 0 radical (unpaired) electrons. The van der Waals surface area contributed by atoms with Crippen molar-refractivity contribution in [3.05, 3.63) is 84.7 Å². The number of fused-ring (bicyclic) bond motifs is 4. The van der Waals surface area contributed by atoms with Crippen molar-refractivity contribution in [3.8, 4) is 5.75 Å². The number of carbonyl (C=O) groups is 1. The molecule has 0 saturated heterocycles. The van der Waals surface area contributed by atoms with Crippen LogP contribution in [0.1, 0.15) is 10.4 Å². The molecule has 2 aromatic heterocycles. The number of hydrogen-bond acceptors (Lipinski definition) is 5. The quantitative estimate of drug-likeness (QED) is 0.202. The summed E-state index contributed by atoms with van der Waals surface area (Å²) in [4.78, 5) is 25.6. The van der Waals surface area contributed by atoms with E-state index in [4.69, 9.17) is 14.7 Å². The van der Waals surface area contributed by atoms with Crippen molar-refractivity contribution in [1.29, 1.82) is 0 Å². The molecule has 0 aliphatic heterocycles. The molecule has 5 heteroatoms. The third kappa shape index (κ3) is 2.75. The van der Waals surface area contributed by atoms with Crippen LogP contribution < -0.4 is 4.74 Å². The SMILES string of the molecule is O=C(Oc1ccc2nc3ccc4ccccc4c3nc2c1)c1cccnc1. The summed E-state index contributed by atoms with van der Waals surface area (Å²) in [5.74, 6) is -0.0353. The maximum Gasteiger partial charge on any atom is 0.345 e. The molecule has 2 heterocycles. The van der Waals surface area contributed by atoms with E-state index in [0.717, 1.165) is 27.3 Å². The molecule has 0 N–H and O–H groups in total. The molecule has 5 aromatic rings. The average molecular weight is 351 g/mol. The Morgan fingerprint density at radius 3 is 2.59 bits per heavy atom. The number of pyridine rings is 1. The minimum atomic E-state index is -0.457. The summed E-state index contributed by atoms with van der Waals surface area (Å²) in [6.07, 6.45) is 3.08. The summed E-state index contributed by atoms with van der Waals surface area (Å²) in [6.45, 7) is 0. The highest BCUT2D eigenvalue weighted by Gasteiger charge is 2.11. The van der Waals surface area contributed by atoms with E-state index in [1.54, 1.807) is 30.5 Å². The molecular formula is C22H13N3O2. The Morgan fingerprint density at radius 1 is 0.815 bits per heavy atom. The number of ether oxygens (including phenoxy) is 1. The number of nitrogens with zero attached hydrogens (tertiary/aromatic N) is 3. The number of rotatable bonds is 2. The molecule has 5 nitrogen and oxygen atoms in total. The number of benzene rings is 3. The fraction of sp³-hybridized carbons (Fsp3) is 0. The van der Waals surface area contributed by atoms with Gasteiger partial charge in [0.1, 0.15) is 5.75 Å². The highest BCUT2D eigenvalue weighted by Crippen LogP contribution is 2.26. The van der Waals surface area contributed by atoms with Crippen molar-refractivity contribution >= 4 is 38.8 Å². The Kier molecular flexibility index (Phi) is 3.50. The number of hydrogen-bond donors (Lipinski definition) is 0. The zero-order chi connectivity index (χ0) is 18.2. The lowest BCUT2D eigenvalue weighted by atomic mass is 10.1. The highest BCUT2D eigenvalue weighted by atomic mass is 16.5. The van der Waals surface area contributed by atoms with E-state index < -0.39 is 5.97 Å². The molecule has 0 atom stereocenters. The summed E-state index contributed by atoms with van der Waals surface area (Å²) in [7, 11) is 0. The standard InChI is InChI=1S/C22H13N3O2/c26-22(15-5-3-11-23-13-15)27-16-8-10-18-20(12-16)25-21-17-6-2-1-4-14(17)7-9-19(21)24-18/h1-13H. The monoisotopic (exact) mass is 351 g/mol. The predicted octanol–water partition coefficient (Wildman–Crippen LogP) is 4.55. The van der Waals surface area contributed by atoms with Gasteiger partial charge in [-0.15, -0.1) is 0 Å². The van der Waals surface area contributed by atoms with Crippen LogP contribution in [0.2, 0.25) is 0 Å². The lowest BCUT2D eigenvalue weighted by molar-refractivity contribution is 0.0734. The normalized spacial score (nSPS) is 11.1. The van der Waals surface area contributed by atoms with Crippen LogP contribution in [0.3, 0.4) is 0 Å². The van der Waals surface area contributed by atoms with Gasteiger partial charge in [-0.25, -0.2) is 14.8 Å². The van der Waals surface area contributed by atoms with E-state index in [-0.39, 0.29) is 0 Å². The van der Waals surface area contributed by atoms with E-state index in [1.165, 1.54) is 6.20 Å². The molecule has 0 fully saturated rings. The smallest absolute Gasteiger partial charge is 0.345 e. The zero-order valence-electron chi connectivity index (χ0n) is 14.2. The van der Waals surface area contributed by atoms with Gasteiger partial charge < -0.3 is 4.74 Å². The molecule has 0 unspecified atom stereocenters. The van der Waals surface area contributed by atoms with Crippen LogP contribution in [0.25, 0.3) is 32.8 Å². The summed E-state index contributed by atoms with van der Waals surface area (Å²) in [6, 6.07) is 20.7. The maximum absolute atomic E-state index is 12.2. The van der Waals surface area contributed by atoms with Crippen LogP contribution in [-0.2, 0) is 0 Å². The van der Waals surface area contributed by atoms with Gasteiger partial charge in [-0.2, -0.15) is 0 Å². The van der Waals surface area contributed by atoms with Crippen molar-refractivity contribution in [1.82, 2.24) is 15.0 Å². The molecule has 128 valence electrons. The molecule has 0 bridgehead atoms. The van der Waals surface area contributed by atoms with Crippen molar-refractivity contribution < 1.29 is 9.53 Å². The number of aromatic nitrogens is 3. The van der Waals surface area contributed by atoms with Gasteiger partial charge in [0.2, 0.25) is 0 Å². The Bertz CT molecular complexity index is 1320. The second-order valence-corrected chi connectivity index (χ2v) is 6.16. The molecule has 5 rings (SSSR count). The van der Waals surface area contributed by atoms with Crippen LogP contribution in [0.15, 0.2) is 79.1 Å². The molecule has 0 spiro atoms. The van der Waals surface area contributed by atoms with Gasteiger partial charge in [-0.3, -0.25) is 4.98 Å². The van der Waals surface area contributed by atoms with E-state index >= 15 is 0 Å². The first kappa shape index (κ1) is 15.4. The summed E-state index contributed by atoms with van der Waals surface area (Å²) >= 11 is 0. The van der Waals surface area contributed by atoms with Gasteiger partial charge in [0.25, 0.3) is 0 Å². The van der Waals surface area contributed by atoms with E-state index in [1.807, 2.05) is 42.5 Å². The topological polar surface area (TPSA) is 65.0 Å². The van der Waals surface area contributed by atoms with Crippen LogP contribution in [0.4, 0.5) is 0 Å². The number of carbonyl (C=O) groups excluding carboxylic acids is 1. The lowest BCUT2D eigenvalue weighted by Crippen LogP contribution is -2.08. The molecule has 27 heavy (non-hydrogen) atoms. The first-order chi connectivity index (χ1) is 13.3. The minimum absolute atomic E-state index is 0.396. The second kappa shape index (κ2) is 6.14. The summed E-state index contributed by atoms with van der Waals surface area (Å²) in [5.41, 5.74) is 3.49. The fourth-order valence-electron chi connectivity index (χ4n) is 3.10. The Hall–Kier alpha value is -3.86. The van der Waals surface area contributed by atoms with Crippen LogP contribution >= 0.6 is 0 Å². The minimum Gasteiger partial charge on any atom is -0.423 e. The first-order valence-electron chi connectivity index (χ1n) is 8.49. The van der Waals surface area contributed by atoms with Crippen molar-refractivity contribution in [3.63, 3.8) is 0 Å². The Labute approximate surface area is 154 Å². The molecule has 0 amide bonds. The van der Waals surface area contributed by atoms with Gasteiger partial charge >= 0.3 is 5.97 Å². The fourth-order valence-corrected chi connectivity index (χ4v) is 3.10. The first-order valence-corrected chi connectivity index (χ1v) is 8.49. The second-order valence-electron chi connectivity index (χ2n) is 6.16. The van der Waals surface area contributed by atoms with Crippen LogP contribution in [0, 0.1) is 0 Å². The molecule has 0 aliphatic rings. The van der Waals surface area contributed by atoms with Gasteiger partial charge in [-0.1, -0.05) is 30.3 Å². The predicted molar refractivity (Wildman–Crippen MR) is 104 cm³/mol. The van der Waals surface area contributed by atoms with E-state index in [0.29, 0.717) is 16.8 Å².